The van der Waals surface area contributed by atoms with E-state index in [1.54, 1.807) is 31.2 Å². The maximum absolute atomic E-state index is 11.8. The van der Waals surface area contributed by atoms with Crippen molar-refractivity contribution in [2.45, 2.75) is 6.92 Å². The van der Waals surface area contributed by atoms with Crippen LogP contribution in [0.15, 0.2) is 53.6 Å². The summed E-state index contributed by atoms with van der Waals surface area (Å²) in [4.78, 5) is 11.8. The van der Waals surface area contributed by atoms with Crippen LogP contribution in [0.4, 0.5) is 0 Å². The second kappa shape index (κ2) is 5.88. The van der Waals surface area contributed by atoms with Crippen molar-refractivity contribution in [3.63, 3.8) is 0 Å². The first-order valence-corrected chi connectivity index (χ1v) is 5.99. The van der Waals surface area contributed by atoms with E-state index in [1.807, 2.05) is 0 Å². The molecule has 0 saturated carbocycles. The highest BCUT2D eigenvalue weighted by molar-refractivity contribution is 6.01. The fourth-order valence-corrected chi connectivity index (χ4v) is 1.61. The Morgan fingerprint density at radius 2 is 1.70 bits per heavy atom. The van der Waals surface area contributed by atoms with Gasteiger partial charge in [0.15, 0.2) is 0 Å². The van der Waals surface area contributed by atoms with Crippen LogP contribution in [0.2, 0.25) is 0 Å². The second-order valence-electron chi connectivity index (χ2n) is 4.24. The Morgan fingerprint density at radius 3 is 2.35 bits per heavy atom. The van der Waals surface area contributed by atoms with Crippen molar-refractivity contribution in [3.8, 4) is 11.5 Å². The number of nitrogens with one attached hydrogen (secondary N) is 1. The minimum atomic E-state index is -0.371. The van der Waals surface area contributed by atoms with Crippen LogP contribution in [0.1, 0.15) is 22.8 Å². The van der Waals surface area contributed by atoms with Crippen LogP contribution in [0.25, 0.3) is 0 Å². The molecule has 1 amide bonds. The number of carbonyl (C=O) groups is 1. The number of phenols is 2. The topological polar surface area (TPSA) is 81.9 Å². The summed E-state index contributed by atoms with van der Waals surface area (Å²) in [6.07, 6.45) is 0. The van der Waals surface area contributed by atoms with E-state index in [2.05, 4.69) is 10.5 Å². The van der Waals surface area contributed by atoms with Gasteiger partial charge in [0, 0.05) is 11.1 Å². The molecule has 0 bridgehead atoms. The second-order valence-corrected chi connectivity index (χ2v) is 4.24. The zero-order valence-corrected chi connectivity index (χ0v) is 10.9. The van der Waals surface area contributed by atoms with Gasteiger partial charge in [-0.15, -0.1) is 0 Å². The fourth-order valence-electron chi connectivity index (χ4n) is 1.61. The molecule has 0 aliphatic rings. The normalized spacial score (nSPS) is 11.2. The number of carbonyl (C=O) groups excluding carboxylic acids is 1. The first-order valence-electron chi connectivity index (χ1n) is 5.99. The third-order valence-corrected chi connectivity index (χ3v) is 2.72. The Bertz CT molecular complexity index is 648. The van der Waals surface area contributed by atoms with Gasteiger partial charge in [-0.3, -0.25) is 4.79 Å². The zero-order valence-electron chi connectivity index (χ0n) is 10.9. The van der Waals surface area contributed by atoms with Gasteiger partial charge in [-0.25, -0.2) is 5.43 Å². The summed E-state index contributed by atoms with van der Waals surface area (Å²) in [5, 5.41) is 22.5. The SMILES string of the molecule is C/C(=N\NC(=O)c1ccc(O)cc1)c1cccc(O)c1. The number of hydrogen-bond donors (Lipinski definition) is 3. The largest absolute Gasteiger partial charge is 0.508 e. The Hall–Kier alpha value is -2.82. The average Bonchev–Trinajstić information content (AvgIpc) is 2.45. The van der Waals surface area contributed by atoms with Gasteiger partial charge in [0.2, 0.25) is 0 Å². The Labute approximate surface area is 116 Å². The van der Waals surface area contributed by atoms with Crippen molar-refractivity contribution >= 4 is 11.6 Å². The number of hydrogen-bond acceptors (Lipinski definition) is 4. The summed E-state index contributed by atoms with van der Waals surface area (Å²) in [5.74, 6) is -0.132. The van der Waals surface area contributed by atoms with Crippen molar-refractivity contribution < 1.29 is 15.0 Å². The molecule has 0 spiro atoms. The van der Waals surface area contributed by atoms with Crippen LogP contribution in [0.3, 0.4) is 0 Å². The van der Waals surface area contributed by atoms with Gasteiger partial charge in [-0.1, -0.05) is 12.1 Å². The van der Waals surface area contributed by atoms with Gasteiger partial charge >= 0.3 is 0 Å². The van der Waals surface area contributed by atoms with E-state index in [0.717, 1.165) is 5.56 Å². The molecule has 3 N–H and O–H groups in total. The van der Waals surface area contributed by atoms with Crippen LogP contribution in [0, 0.1) is 0 Å². The van der Waals surface area contributed by atoms with Gasteiger partial charge in [0.1, 0.15) is 11.5 Å². The molecule has 0 saturated heterocycles. The quantitative estimate of drug-likeness (QED) is 0.591. The van der Waals surface area contributed by atoms with Crippen LogP contribution in [-0.2, 0) is 0 Å². The Balaban J connectivity index is 2.08. The standard InChI is InChI=1S/C15H14N2O3/c1-10(12-3-2-4-14(19)9-12)16-17-15(20)11-5-7-13(18)8-6-11/h2-9,18-19H,1H3,(H,17,20)/b16-10+. The molecule has 0 aliphatic heterocycles. The van der Waals surface area contributed by atoms with E-state index < -0.39 is 0 Å². The summed E-state index contributed by atoms with van der Waals surface area (Å²) in [6, 6.07) is 12.5. The highest BCUT2D eigenvalue weighted by Crippen LogP contribution is 2.12. The lowest BCUT2D eigenvalue weighted by atomic mass is 10.1. The molecule has 0 unspecified atom stereocenters. The fraction of sp³-hybridized carbons (Fsp3) is 0.0667. The van der Waals surface area contributed by atoms with Crippen LogP contribution < -0.4 is 5.43 Å². The smallest absolute Gasteiger partial charge is 0.271 e. The number of hydrazone groups is 1. The predicted octanol–water partition coefficient (Wildman–Crippen LogP) is 2.25. The molecule has 0 aromatic heterocycles. The van der Waals surface area contributed by atoms with Crippen LogP contribution >= 0.6 is 0 Å². The first-order chi connectivity index (χ1) is 9.56. The lowest BCUT2D eigenvalue weighted by Crippen LogP contribution is -2.19. The molecular formula is C15H14N2O3. The number of phenolic OH excluding ortho intramolecular Hbond substituents is 2. The third kappa shape index (κ3) is 3.35. The average molecular weight is 270 g/mol. The maximum Gasteiger partial charge on any atom is 0.271 e. The Kier molecular flexibility index (Phi) is 4.00. The van der Waals surface area contributed by atoms with E-state index in [-0.39, 0.29) is 17.4 Å². The van der Waals surface area contributed by atoms with Crippen molar-refractivity contribution in [3.05, 3.63) is 59.7 Å². The molecule has 2 aromatic rings. The van der Waals surface area contributed by atoms with Crippen molar-refractivity contribution in [1.29, 1.82) is 0 Å². The van der Waals surface area contributed by atoms with Crippen molar-refractivity contribution in [1.82, 2.24) is 5.43 Å². The van der Waals surface area contributed by atoms with E-state index in [0.29, 0.717) is 11.3 Å². The molecule has 2 aromatic carbocycles. The number of aromatic hydroxyl groups is 2. The molecule has 0 heterocycles. The zero-order chi connectivity index (χ0) is 14.5. The molecule has 0 aliphatic carbocycles. The summed E-state index contributed by atoms with van der Waals surface area (Å²) < 4.78 is 0. The minimum Gasteiger partial charge on any atom is -0.508 e. The molecule has 2 rings (SSSR count). The number of amides is 1. The number of benzene rings is 2. The van der Waals surface area contributed by atoms with E-state index in [1.165, 1.54) is 24.3 Å². The maximum atomic E-state index is 11.8. The molecule has 5 nitrogen and oxygen atoms in total. The molecule has 20 heavy (non-hydrogen) atoms. The van der Waals surface area contributed by atoms with Crippen LogP contribution in [-0.4, -0.2) is 21.8 Å². The molecule has 0 radical (unpaired) electrons. The highest BCUT2D eigenvalue weighted by atomic mass is 16.3. The summed E-state index contributed by atoms with van der Waals surface area (Å²) >= 11 is 0. The predicted molar refractivity (Wildman–Crippen MR) is 75.9 cm³/mol. The lowest BCUT2D eigenvalue weighted by molar-refractivity contribution is 0.0955. The van der Waals surface area contributed by atoms with Gasteiger partial charge in [0.05, 0.1) is 5.71 Å². The van der Waals surface area contributed by atoms with Crippen molar-refractivity contribution in [2.75, 3.05) is 0 Å². The van der Waals surface area contributed by atoms with Crippen molar-refractivity contribution in [2.24, 2.45) is 5.10 Å². The Morgan fingerprint density at radius 1 is 1.00 bits per heavy atom. The van der Waals surface area contributed by atoms with E-state index >= 15 is 0 Å². The molecule has 102 valence electrons. The molecule has 0 atom stereocenters. The molecule has 0 fully saturated rings. The van der Waals surface area contributed by atoms with Crippen LogP contribution in [0.5, 0.6) is 11.5 Å². The lowest BCUT2D eigenvalue weighted by Gasteiger charge is -2.03. The van der Waals surface area contributed by atoms with E-state index in [4.69, 9.17) is 5.11 Å². The summed E-state index contributed by atoms with van der Waals surface area (Å²) in [6.45, 7) is 1.73. The van der Waals surface area contributed by atoms with Gasteiger partial charge < -0.3 is 10.2 Å². The number of rotatable bonds is 3. The van der Waals surface area contributed by atoms with Gasteiger partial charge in [-0.05, 0) is 43.3 Å². The third-order valence-electron chi connectivity index (χ3n) is 2.72. The number of nitrogens with zero attached hydrogens (tertiary/aromatic N) is 1. The molecular weight excluding hydrogens is 256 g/mol. The van der Waals surface area contributed by atoms with E-state index in [9.17, 15) is 9.90 Å². The van der Waals surface area contributed by atoms with Gasteiger partial charge in [-0.2, -0.15) is 5.10 Å². The summed E-state index contributed by atoms with van der Waals surface area (Å²) in [5.41, 5.74) is 4.12. The minimum absolute atomic E-state index is 0.0981. The summed E-state index contributed by atoms with van der Waals surface area (Å²) in [7, 11) is 0. The first kappa shape index (κ1) is 13.6. The van der Waals surface area contributed by atoms with Gasteiger partial charge in [0.25, 0.3) is 5.91 Å². The highest BCUT2D eigenvalue weighted by Gasteiger charge is 2.05. The monoisotopic (exact) mass is 270 g/mol. The molecule has 5 heteroatoms.